The molecule has 17 heavy (non-hydrogen) atoms. The highest BCUT2D eigenvalue weighted by Crippen LogP contribution is 2.17. The summed E-state index contributed by atoms with van der Waals surface area (Å²) >= 11 is 0. The smallest absolute Gasteiger partial charge is 0.181 e. The summed E-state index contributed by atoms with van der Waals surface area (Å²) in [6, 6.07) is 8.97. The lowest BCUT2D eigenvalue weighted by Gasteiger charge is -2.34. The highest BCUT2D eigenvalue weighted by Gasteiger charge is 2.28. The number of hydrogen-bond acceptors (Lipinski definition) is 4. The number of anilines is 1. The van der Waals surface area contributed by atoms with Crippen molar-refractivity contribution >= 4 is 5.69 Å². The molecule has 0 radical (unpaired) electrons. The minimum absolute atomic E-state index is 0.360. The van der Waals surface area contributed by atoms with E-state index in [1.165, 1.54) is 0 Å². The standard InChI is InChI=1S/C11H16N4O2/c1-12-7-9-13(10-8-12)14(15(16)17)11-5-3-2-4-6-11/h2-6H,7-10H2,1H3. The molecule has 2 rings (SSSR count). The van der Waals surface area contributed by atoms with Crippen LogP contribution in [0.4, 0.5) is 5.69 Å². The zero-order chi connectivity index (χ0) is 12.3. The summed E-state index contributed by atoms with van der Waals surface area (Å²) in [6.45, 7) is 3.03. The first-order chi connectivity index (χ1) is 8.18. The maximum Gasteiger partial charge on any atom is 0.181 e. The fraction of sp³-hybridized carbons (Fsp3) is 0.455. The summed E-state index contributed by atoms with van der Waals surface area (Å²) in [6.07, 6.45) is 0. The van der Waals surface area contributed by atoms with Gasteiger partial charge in [-0.15, -0.1) is 0 Å². The molecule has 1 aromatic rings. The van der Waals surface area contributed by atoms with Crippen LogP contribution in [0, 0.1) is 10.1 Å². The van der Waals surface area contributed by atoms with Gasteiger partial charge in [-0.25, -0.2) is 10.1 Å². The fourth-order valence-electron chi connectivity index (χ4n) is 1.91. The van der Waals surface area contributed by atoms with Crippen LogP contribution in [0.5, 0.6) is 0 Å². The van der Waals surface area contributed by atoms with Gasteiger partial charge in [0, 0.05) is 26.2 Å². The van der Waals surface area contributed by atoms with Gasteiger partial charge in [-0.05, 0) is 24.3 Å². The van der Waals surface area contributed by atoms with Crippen molar-refractivity contribution in [3.8, 4) is 0 Å². The molecule has 1 heterocycles. The van der Waals surface area contributed by atoms with E-state index in [0.717, 1.165) is 18.2 Å². The molecule has 0 aromatic heterocycles. The van der Waals surface area contributed by atoms with Crippen LogP contribution in [-0.4, -0.2) is 48.2 Å². The lowest BCUT2D eigenvalue weighted by molar-refractivity contribution is -0.524. The van der Waals surface area contributed by atoms with Crippen molar-refractivity contribution in [2.75, 3.05) is 38.3 Å². The van der Waals surface area contributed by atoms with Crippen LogP contribution in [0.15, 0.2) is 30.3 Å². The Morgan fingerprint density at radius 1 is 1.18 bits per heavy atom. The molecule has 1 aliphatic rings. The second kappa shape index (κ2) is 5.11. The molecule has 6 heteroatoms. The number of rotatable bonds is 3. The number of piperazine rings is 1. The van der Waals surface area contributed by atoms with Crippen LogP contribution >= 0.6 is 0 Å². The molecule has 1 saturated heterocycles. The summed E-state index contributed by atoms with van der Waals surface area (Å²) in [5.41, 5.74) is 0.599. The average molecular weight is 236 g/mol. The summed E-state index contributed by atoms with van der Waals surface area (Å²) in [7, 11) is 2.02. The Bertz CT molecular complexity index is 376. The molecule has 0 spiro atoms. The average Bonchev–Trinajstić information content (AvgIpc) is 2.33. The van der Waals surface area contributed by atoms with E-state index >= 15 is 0 Å². The first-order valence-electron chi connectivity index (χ1n) is 5.61. The van der Waals surface area contributed by atoms with E-state index in [1.54, 1.807) is 17.1 Å². The Hall–Kier alpha value is -1.66. The number of benzene rings is 1. The largest absolute Gasteiger partial charge is 0.304 e. The molecule has 1 aliphatic heterocycles. The van der Waals surface area contributed by atoms with Gasteiger partial charge in [0.2, 0.25) is 0 Å². The van der Waals surface area contributed by atoms with Crippen molar-refractivity contribution in [2.24, 2.45) is 0 Å². The zero-order valence-electron chi connectivity index (χ0n) is 9.82. The lowest BCUT2D eigenvalue weighted by Crippen LogP contribution is -2.55. The van der Waals surface area contributed by atoms with Gasteiger partial charge in [-0.3, -0.25) is 0 Å². The van der Waals surface area contributed by atoms with E-state index in [1.807, 2.05) is 25.2 Å². The minimum atomic E-state index is -0.360. The van der Waals surface area contributed by atoms with Crippen molar-refractivity contribution in [3.63, 3.8) is 0 Å². The second-order valence-electron chi connectivity index (χ2n) is 4.12. The van der Waals surface area contributed by atoms with Gasteiger partial charge in [0.1, 0.15) is 5.69 Å². The van der Waals surface area contributed by atoms with Crippen LogP contribution < -0.4 is 5.12 Å². The van der Waals surface area contributed by atoms with Crippen LogP contribution in [0.1, 0.15) is 0 Å². The highest BCUT2D eigenvalue weighted by atomic mass is 16.7. The van der Waals surface area contributed by atoms with E-state index in [-0.39, 0.29) is 5.03 Å². The summed E-state index contributed by atoms with van der Waals surface area (Å²) < 4.78 is 0. The Morgan fingerprint density at radius 2 is 1.76 bits per heavy atom. The molecule has 92 valence electrons. The predicted octanol–water partition coefficient (Wildman–Crippen LogP) is 0.847. The van der Waals surface area contributed by atoms with E-state index in [2.05, 4.69) is 4.90 Å². The van der Waals surface area contributed by atoms with Crippen molar-refractivity contribution < 1.29 is 5.03 Å². The number of likely N-dealkylation sites (N-methyl/N-ethyl adjacent to an activating group) is 1. The minimum Gasteiger partial charge on any atom is -0.304 e. The fourth-order valence-corrected chi connectivity index (χ4v) is 1.91. The van der Waals surface area contributed by atoms with Crippen LogP contribution in [-0.2, 0) is 0 Å². The highest BCUT2D eigenvalue weighted by molar-refractivity contribution is 5.41. The van der Waals surface area contributed by atoms with Crippen LogP contribution in [0.2, 0.25) is 0 Å². The van der Waals surface area contributed by atoms with Crippen LogP contribution in [0.3, 0.4) is 0 Å². The number of nitro groups is 1. The maximum absolute atomic E-state index is 11.2. The third-order valence-corrected chi connectivity index (χ3v) is 2.89. The van der Waals surface area contributed by atoms with Crippen molar-refractivity contribution in [3.05, 3.63) is 40.4 Å². The Kier molecular flexibility index (Phi) is 3.55. The Morgan fingerprint density at radius 3 is 2.29 bits per heavy atom. The van der Waals surface area contributed by atoms with Gasteiger partial charge < -0.3 is 4.90 Å². The second-order valence-corrected chi connectivity index (χ2v) is 4.12. The molecule has 0 aliphatic carbocycles. The lowest BCUT2D eigenvalue weighted by atomic mass is 10.3. The molecular weight excluding hydrogens is 220 g/mol. The third kappa shape index (κ3) is 2.72. The number of nitrogens with zero attached hydrogens (tertiary/aromatic N) is 4. The van der Waals surface area contributed by atoms with E-state index < -0.39 is 0 Å². The number of para-hydroxylation sites is 1. The summed E-state index contributed by atoms with van der Waals surface area (Å²) in [5, 5.41) is 13.7. The quantitative estimate of drug-likeness (QED) is 0.575. The zero-order valence-corrected chi connectivity index (χ0v) is 9.82. The van der Waals surface area contributed by atoms with Gasteiger partial charge >= 0.3 is 0 Å². The molecule has 0 amide bonds. The molecule has 0 saturated carbocycles. The summed E-state index contributed by atoms with van der Waals surface area (Å²) in [4.78, 5) is 13.3. The van der Waals surface area contributed by atoms with E-state index in [9.17, 15) is 10.1 Å². The topological polar surface area (TPSA) is 52.9 Å². The molecular formula is C11H16N4O2. The normalized spacial score (nSPS) is 17.9. The van der Waals surface area contributed by atoms with Gasteiger partial charge in [0.05, 0.1) is 0 Å². The van der Waals surface area contributed by atoms with Gasteiger partial charge in [0.15, 0.2) is 5.03 Å². The number of hydrogen-bond donors (Lipinski definition) is 0. The Labute approximate surface area is 100 Å². The molecule has 0 N–H and O–H groups in total. The van der Waals surface area contributed by atoms with E-state index in [4.69, 9.17) is 0 Å². The molecule has 0 atom stereocenters. The van der Waals surface area contributed by atoms with Gasteiger partial charge in [0.25, 0.3) is 0 Å². The maximum atomic E-state index is 11.2. The molecule has 0 unspecified atom stereocenters. The van der Waals surface area contributed by atoms with Crippen molar-refractivity contribution in [1.29, 1.82) is 0 Å². The Balaban J connectivity index is 2.16. The SMILES string of the molecule is CN1CCN(N(c2ccccc2)[N+](=O)[O-])CC1. The third-order valence-electron chi connectivity index (χ3n) is 2.89. The van der Waals surface area contributed by atoms with Crippen molar-refractivity contribution in [1.82, 2.24) is 9.91 Å². The summed E-state index contributed by atoms with van der Waals surface area (Å²) in [5.74, 6) is 0. The molecule has 1 aromatic carbocycles. The van der Waals surface area contributed by atoms with Gasteiger partial charge in [-0.2, -0.15) is 5.01 Å². The molecule has 1 fully saturated rings. The van der Waals surface area contributed by atoms with Crippen molar-refractivity contribution in [2.45, 2.75) is 0 Å². The first kappa shape index (κ1) is 11.8. The first-order valence-corrected chi connectivity index (χ1v) is 5.61. The number of hydrazine groups is 2. The molecule has 0 bridgehead atoms. The monoisotopic (exact) mass is 236 g/mol. The van der Waals surface area contributed by atoms with Gasteiger partial charge in [-0.1, -0.05) is 18.2 Å². The predicted molar refractivity (Wildman–Crippen MR) is 65.0 cm³/mol. The van der Waals surface area contributed by atoms with E-state index in [0.29, 0.717) is 18.8 Å². The molecule has 6 nitrogen and oxygen atoms in total. The van der Waals surface area contributed by atoms with Crippen LogP contribution in [0.25, 0.3) is 0 Å².